The number of aryl methyl sites for hydroxylation is 1. The molecule has 0 radical (unpaired) electrons. The molecule has 1 aromatic carbocycles. The molecule has 0 aliphatic heterocycles. The average Bonchev–Trinajstić information content (AvgIpc) is 2.43. The summed E-state index contributed by atoms with van der Waals surface area (Å²) < 4.78 is 10.2. The summed E-state index contributed by atoms with van der Waals surface area (Å²) in [6.07, 6.45) is 3.41. The largest absolute Gasteiger partial charge is 0.497 e. The fraction of sp³-hybridized carbons (Fsp3) is 0.571. The first-order chi connectivity index (χ1) is 8.85. The molecule has 0 saturated carbocycles. The average molecular weight is 251 g/mol. The van der Waals surface area contributed by atoms with Crippen LogP contribution >= 0.6 is 0 Å². The number of hydrogen-bond acceptors (Lipinski definition) is 4. The molecule has 18 heavy (non-hydrogen) atoms. The SMILES string of the molecule is COCCONC1CCCc2ccc(OC)cc21. The Kier molecular flexibility index (Phi) is 4.99. The predicted molar refractivity (Wildman–Crippen MR) is 69.6 cm³/mol. The fourth-order valence-electron chi connectivity index (χ4n) is 2.31. The van der Waals surface area contributed by atoms with Crippen LogP contribution in [0.3, 0.4) is 0 Å². The summed E-state index contributed by atoms with van der Waals surface area (Å²) in [6.45, 7) is 1.16. The summed E-state index contributed by atoms with van der Waals surface area (Å²) in [5.74, 6) is 0.902. The zero-order valence-electron chi connectivity index (χ0n) is 11.1. The van der Waals surface area contributed by atoms with Gasteiger partial charge in [-0.3, -0.25) is 4.84 Å². The van der Waals surface area contributed by atoms with E-state index in [1.54, 1.807) is 14.2 Å². The van der Waals surface area contributed by atoms with Gasteiger partial charge in [0.05, 0.1) is 26.4 Å². The first-order valence-corrected chi connectivity index (χ1v) is 6.38. The van der Waals surface area contributed by atoms with Gasteiger partial charge in [-0.25, -0.2) is 0 Å². The highest BCUT2D eigenvalue weighted by atomic mass is 16.7. The maximum Gasteiger partial charge on any atom is 0.119 e. The molecule has 100 valence electrons. The Labute approximate surface area is 108 Å². The predicted octanol–water partition coefficient (Wildman–Crippen LogP) is 2.24. The number of rotatable bonds is 6. The molecule has 0 aromatic heterocycles. The first-order valence-electron chi connectivity index (χ1n) is 6.38. The molecule has 0 bridgehead atoms. The van der Waals surface area contributed by atoms with Crippen LogP contribution in [0.5, 0.6) is 5.75 Å². The van der Waals surface area contributed by atoms with Gasteiger partial charge in [-0.2, -0.15) is 5.48 Å². The number of nitrogens with one attached hydrogen (secondary N) is 1. The van der Waals surface area contributed by atoms with Crippen LogP contribution in [-0.4, -0.2) is 27.4 Å². The van der Waals surface area contributed by atoms with E-state index in [4.69, 9.17) is 14.3 Å². The van der Waals surface area contributed by atoms with E-state index in [0.717, 1.165) is 18.6 Å². The summed E-state index contributed by atoms with van der Waals surface area (Å²) in [4.78, 5) is 5.43. The minimum Gasteiger partial charge on any atom is -0.497 e. The van der Waals surface area contributed by atoms with Crippen molar-refractivity contribution in [3.8, 4) is 5.75 Å². The highest BCUT2D eigenvalue weighted by molar-refractivity contribution is 5.39. The van der Waals surface area contributed by atoms with Gasteiger partial charge in [0.25, 0.3) is 0 Å². The standard InChI is InChI=1S/C14H21NO3/c1-16-8-9-18-15-14-5-3-4-11-6-7-12(17-2)10-13(11)14/h6-7,10,14-15H,3-5,8-9H2,1-2H3. The molecule has 1 N–H and O–H groups in total. The van der Waals surface area contributed by atoms with Gasteiger partial charge in [0.2, 0.25) is 0 Å². The molecule has 0 amide bonds. The lowest BCUT2D eigenvalue weighted by Crippen LogP contribution is -2.26. The van der Waals surface area contributed by atoms with Gasteiger partial charge in [-0.15, -0.1) is 0 Å². The lowest BCUT2D eigenvalue weighted by atomic mass is 9.88. The summed E-state index contributed by atoms with van der Waals surface area (Å²) >= 11 is 0. The summed E-state index contributed by atoms with van der Waals surface area (Å²) in [5, 5.41) is 0. The van der Waals surface area contributed by atoms with Crippen LogP contribution in [0.4, 0.5) is 0 Å². The number of benzene rings is 1. The topological polar surface area (TPSA) is 39.7 Å². The van der Waals surface area contributed by atoms with Crippen molar-refractivity contribution in [2.75, 3.05) is 27.4 Å². The lowest BCUT2D eigenvalue weighted by Gasteiger charge is -2.26. The van der Waals surface area contributed by atoms with Crippen molar-refractivity contribution in [3.05, 3.63) is 29.3 Å². The Morgan fingerprint density at radius 2 is 2.17 bits per heavy atom. The van der Waals surface area contributed by atoms with Crippen LogP contribution in [0.1, 0.15) is 30.0 Å². The lowest BCUT2D eigenvalue weighted by molar-refractivity contribution is -0.0154. The van der Waals surface area contributed by atoms with Crippen molar-refractivity contribution >= 4 is 0 Å². The zero-order valence-corrected chi connectivity index (χ0v) is 11.1. The second-order valence-corrected chi connectivity index (χ2v) is 4.47. The second-order valence-electron chi connectivity index (χ2n) is 4.47. The van der Waals surface area contributed by atoms with E-state index in [1.807, 2.05) is 6.07 Å². The molecule has 1 atom stereocenters. The van der Waals surface area contributed by atoms with E-state index >= 15 is 0 Å². The number of hydroxylamine groups is 1. The Morgan fingerprint density at radius 1 is 1.28 bits per heavy atom. The molecule has 2 rings (SSSR count). The smallest absolute Gasteiger partial charge is 0.119 e. The van der Waals surface area contributed by atoms with Gasteiger partial charge in [-0.05, 0) is 42.5 Å². The zero-order chi connectivity index (χ0) is 12.8. The normalized spacial score (nSPS) is 18.4. The Bertz CT molecular complexity index is 381. The van der Waals surface area contributed by atoms with Crippen molar-refractivity contribution in [1.82, 2.24) is 5.48 Å². The minimum absolute atomic E-state index is 0.251. The summed E-state index contributed by atoms with van der Waals surface area (Å²) in [6, 6.07) is 6.52. The van der Waals surface area contributed by atoms with Crippen LogP contribution in [0.25, 0.3) is 0 Å². The molecule has 4 nitrogen and oxygen atoms in total. The molecule has 1 aliphatic rings. The Hall–Kier alpha value is -1.10. The Balaban J connectivity index is 2.01. The molecule has 0 fully saturated rings. The van der Waals surface area contributed by atoms with Gasteiger partial charge in [0, 0.05) is 7.11 Å². The van der Waals surface area contributed by atoms with Crippen molar-refractivity contribution in [1.29, 1.82) is 0 Å². The van der Waals surface area contributed by atoms with E-state index in [0.29, 0.717) is 13.2 Å². The van der Waals surface area contributed by atoms with E-state index in [9.17, 15) is 0 Å². The van der Waals surface area contributed by atoms with Crippen molar-refractivity contribution < 1.29 is 14.3 Å². The highest BCUT2D eigenvalue weighted by Crippen LogP contribution is 2.32. The van der Waals surface area contributed by atoms with Gasteiger partial charge in [0.1, 0.15) is 5.75 Å². The number of ether oxygens (including phenoxy) is 2. The second kappa shape index (κ2) is 6.73. The molecule has 0 saturated heterocycles. The molecule has 4 heteroatoms. The third kappa shape index (κ3) is 3.22. The van der Waals surface area contributed by atoms with Gasteiger partial charge in [-0.1, -0.05) is 6.07 Å². The van der Waals surface area contributed by atoms with E-state index in [-0.39, 0.29) is 6.04 Å². The van der Waals surface area contributed by atoms with Crippen molar-refractivity contribution in [3.63, 3.8) is 0 Å². The van der Waals surface area contributed by atoms with E-state index < -0.39 is 0 Å². The van der Waals surface area contributed by atoms with Gasteiger partial charge < -0.3 is 9.47 Å². The number of hydrogen-bond donors (Lipinski definition) is 1. The molecule has 0 heterocycles. The van der Waals surface area contributed by atoms with Crippen molar-refractivity contribution in [2.45, 2.75) is 25.3 Å². The molecule has 1 aliphatic carbocycles. The van der Waals surface area contributed by atoms with Crippen LogP contribution in [-0.2, 0) is 16.0 Å². The molecule has 1 unspecified atom stereocenters. The monoisotopic (exact) mass is 251 g/mol. The minimum atomic E-state index is 0.251. The van der Waals surface area contributed by atoms with Crippen LogP contribution in [0, 0.1) is 0 Å². The molecule has 0 spiro atoms. The van der Waals surface area contributed by atoms with E-state index in [1.165, 1.54) is 17.5 Å². The van der Waals surface area contributed by atoms with Crippen LogP contribution < -0.4 is 10.2 Å². The van der Waals surface area contributed by atoms with Gasteiger partial charge >= 0.3 is 0 Å². The van der Waals surface area contributed by atoms with Crippen molar-refractivity contribution in [2.24, 2.45) is 0 Å². The first kappa shape index (κ1) is 13.3. The Morgan fingerprint density at radius 3 is 2.94 bits per heavy atom. The third-order valence-electron chi connectivity index (χ3n) is 3.28. The summed E-state index contributed by atoms with van der Waals surface area (Å²) in [5.41, 5.74) is 5.80. The third-order valence-corrected chi connectivity index (χ3v) is 3.28. The highest BCUT2D eigenvalue weighted by Gasteiger charge is 2.20. The van der Waals surface area contributed by atoms with Crippen LogP contribution in [0.2, 0.25) is 0 Å². The molecular weight excluding hydrogens is 230 g/mol. The number of fused-ring (bicyclic) bond motifs is 1. The molecule has 1 aromatic rings. The molecular formula is C14H21NO3. The summed E-state index contributed by atoms with van der Waals surface area (Å²) in [7, 11) is 3.37. The quantitative estimate of drug-likeness (QED) is 0.622. The van der Waals surface area contributed by atoms with E-state index in [2.05, 4.69) is 17.6 Å². The fourth-order valence-corrected chi connectivity index (χ4v) is 2.31. The maximum absolute atomic E-state index is 5.43. The van der Waals surface area contributed by atoms with Crippen LogP contribution in [0.15, 0.2) is 18.2 Å². The van der Waals surface area contributed by atoms with Gasteiger partial charge in [0.15, 0.2) is 0 Å². The maximum atomic E-state index is 5.43. The number of methoxy groups -OCH3 is 2.